The molecule has 5 nitrogen and oxygen atoms in total. The molecule has 0 atom stereocenters. The summed E-state index contributed by atoms with van der Waals surface area (Å²) in [5.74, 6) is -0.674. The van der Waals surface area contributed by atoms with Crippen molar-refractivity contribution < 1.29 is 23.9 Å². The highest BCUT2D eigenvalue weighted by atomic mass is 16.5. The predicted molar refractivity (Wildman–Crippen MR) is 118 cm³/mol. The second-order valence-electron chi connectivity index (χ2n) is 7.45. The summed E-state index contributed by atoms with van der Waals surface area (Å²) in [4.78, 5) is 35.9. The number of esters is 2. The SMILES string of the molecule is CC(=O)Oc1ccc(-c2ccc(C(=O)OCC(=O)c3cc(C)c(C)cc3C)cc2)cc1. The summed E-state index contributed by atoms with van der Waals surface area (Å²) in [7, 11) is 0. The van der Waals surface area contributed by atoms with Crippen LogP contribution in [0.15, 0.2) is 60.7 Å². The lowest BCUT2D eigenvalue weighted by atomic mass is 9.98. The number of aryl methyl sites for hydroxylation is 3. The molecule has 0 saturated carbocycles. The zero-order valence-electron chi connectivity index (χ0n) is 18.0. The Morgan fingerprint density at radius 3 is 1.87 bits per heavy atom. The summed E-state index contributed by atoms with van der Waals surface area (Å²) >= 11 is 0. The number of carbonyl (C=O) groups excluding carboxylic acids is 3. The molecule has 0 heterocycles. The van der Waals surface area contributed by atoms with Crippen LogP contribution in [0.25, 0.3) is 11.1 Å². The Morgan fingerprint density at radius 2 is 1.29 bits per heavy atom. The number of rotatable bonds is 6. The van der Waals surface area contributed by atoms with Gasteiger partial charge in [0.05, 0.1) is 5.56 Å². The van der Waals surface area contributed by atoms with Crippen LogP contribution in [0.2, 0.25) is 0 Å². The lowest BCUT2D eigenvalue weighted by Gasteiger charge is -2.10. The van der Waals surface area contributed by atoms with Crippen molar-refractivity contribution in [1.82, 2.24) is 0 Å². The number of hydrogen-bond donors (Lipinski definition) is 0. The van der Waals surface area contributed by atoms with E-state index in [2.05, 4.69) is 0 Å². The molecule has 3 aromatic rings. The highest BCUT2D eigenvalue weighted by Gasteiger charge is 2.15. The first-order chi connectivity index (χ1) is 14.7. The van der Waals surface area contributed by atoms with Crippen molar-refractivity contribution in [3.8, 4) is 16.9 Å². The Kier molecular flexibility index (Phi) is 6.65. The number of hydrogen-bond acceptors (Lipinski definition) is 5. The van der Waals surface area contributed by atoms with E-state index in [1.54, 1.807) is 36.4 Å². The molecule has 3 rings (SSSR count). The van der Waals surface area contributed by atoms with E-state index in [0.29, 0.717) is 16.9 Å². The molecule has 0 fully saturated rings. The summed E-state index contributed by atoms with van der Waals surface area (Å²) in [6, 6.07) is 17.8. The van der Waals surface area contributed by atoms with Gasteiger partial charge in [0.1, 0.15) is 5.75 Å². The number of carbonyl (C=O) groups is 3. The van der Waals surface area contributed by atoms with Crippen LogP contribution in [0, 0.1) is 20.8 Å². The Labute approximate surface area is 181 Å². The Bertz CT molecular complexity index is 1130. The van der Waals surface area contributed by atoms with Crippen molar-refractivity contribution in [3.63, 3.8) is 0 Å². The molecule has 0 amide bonds. The Hall–Kier alpha value is -3.73. The van der Waals surface area contributed by atoms with Gasteiger partial charge in [-0.3, -0.25) is 9.59 Å². The van der Waals surface area contributed by atoms with E-state index in [9.17, 15) is 14.4 Å². The first-order valence-corrected chi connectivity index (χ1v) is 9.91. The van der Waals surface area contributed by atoms with Crippen LogP contribution in [0.3, 0.4) is 0 Å². The molecule has 0 radical (unpaired) electrons. The minimum Gasteiger partial charge on any atom is -0.454 e. The summed E-state index contributed by atoms with van der Waals surface area (Å²) in [5.41, 5.74) is 5.76. The van der Waals surface area contributed by atoms with Gasteiger partial charge in [-0.25, -0.2) is 4.79 Å². The first kappa shape index (κ1) is 22.0. The molecule has 0 aliphatic carbocycles. The topological polar surface area (TPSA) is 69.7 Å². The molecule has 0 aliphatic heterocycles. The number of benzene rings is 3. The predicted octanol–water partition coefficient (Wildman–Crippen LogP) is 5.24. The van der Waals surface area contributed by atoms with Gasteiger partial charge in [-0.15, -0.1) is 0 Å². The number of ether oxygens (including phenoxy) is 2. The van der Waals surface area contributed by atoms with Gasteiger partial charge in [0, 0.05) is 12.5 Å². The van der Waals surface area contributed by atoms with E-state index in [4.69, 9.17) is 9.47 Å². The zero-order valence-corrected chi connectivity index (χ0v) is 18.0. The van der Waals surface area contributed by atoms with E-state index < -0.39 is 5.97 Å². The van der Waals surface area contributed by atoms with E-state index in [1.807, 2.05) is 45.0 Å². The molecule has 0 N–H and O–H groups in total. The summed E-state index contributed by atoms with van der Waals surface area (Å²) in [6.07, 6.45) is 0. The highest BCUT2D eigenvalue weighted by molar-refractivity contribution is 6.00. The van der Waals surface area contributed by atoms with E-state index >= 15 is 0 Å². The zero-order chi connectivity index (χ0) is 22.5. The molecule has 5 heteroatoms. The van der Waals surface area contributed by atoms with Crippen LogP contribution in [-0.4, -0.2) is 24.3 Å². The Balaban J connectivity index is 1.63. The normalized spacial score (nSPS) is 10.5. The van der Waals surface area contributed by atoms with Gasteiger partial charge in [-0.2, -0.15) is 0 Å². The quantitative estimate of drug-likeness (QED) is 0.312. The second-order valence-corrected chi connectivity index (χ2v) is 7.45. The largest absolute Gasteiger partial charge is 0.454 e. The van der Waals surface area contributed by atoms with Gasteiger partial charge in [0.15, 0.2) is 6.61 Å². The molecule has 0 spiro atoms. The third-order valence-electron chi connectivity index (χ3n) is 5.05. The molecule has 0 saturated heterocycles. The fourth-order valence-electron chi connectivity index (χ4n) is 3.23. The maximum atomic E-state index is 12.5. The Morgan fingerprint density at radius 1 is 0.742 bits per heavy atom. The van der Waals surface area contributed by atoms with Crippen LogP contribution >= 0.6 is 0 Å². The molecular weight excluding hydrogens is 392 g/mol. The van der Waals surface area contributed by atoms with E-state index in [-0.39, 0.29) is 18.4 Å². The van der Waals surface area contributed by atoms with Crippen molar-refractivity contribution in [2.24, 2.45) is 0 Å². The first-order valence-electron chi connectivity index (χ1n) is 9.91. The molecular formula is C26H24O5. The van der Waals surface area contributed by atoms with Crippen molar-refractivity contribution in [2.75, 3.05) is 6.61 Å². The van der Waals surface area contributed by atoms with E-state index in [1.165, 1.54) is 6.92 Å². The maximum Gasteiger partial charge on any atom is 0.338 e. The molecule has 0 unspecified atom stereocenters. The van der Waals surface area contributed by atoms with Gasteiger partial charge in [0.25, 0.3) is 0 Å². The fourth-order valence-corrected chi connectivity index (χ4v) is 3.23. The van der Waals surface area contributed by atoms with Crippen LogP contribution in [0.5, 0.6) is 5.75 Å². The smallest absolute Gasteiger partial charge is 0.338 e. The van der Waals surface area contributed by atoms with Gasteiger partial charge >= 0.3 is 11.9 Å². The minimum absolute atomic E-state index is 0.224. The van der Waals surface area contributed by atoms with Crippen LogP contribution in [0.1, 0.15) is 44.3 Å². The molecule has 158 valence electrons. The fraction of sp³-hybridized carbons (Fsp3) is 0.192. The summed E-state index contributed by atoms with van der Waals surface area (Å²) < 4.78 is 10.3. The van der Waals surface area contributed by atoms with Gasteiger partial charge in [-0.1, -0.05) is 30.3 Å². The van der Waals surface area contributed by atoms with E-state index in [0.717, 1.165) is 27.8 Å². The summed E-state index contributed by atoms with van der Waals surface area (Å²) in [6.45, 7) is 6.86. The van der Waals surface area contributed by atoms with Crippen molar-refractivity contribution in [1.29, 1.82) is 0 Å². The lowest BCUT2D eigenvalue weighted by Crippen LogP contribution is -2.15. The third kappa shape index (κ3) is 5.45. The molecule has 3 aromatic carbocycles. The molecule has 31 heavy (non-hydrogen) atoms. The van der Waals surface area contributed by atoms with Crippen molar-refractivity contribution >= 4 is 17.7 Å². The number of ketones is 1. The van der Waals surface area contributed by atoms with Gasteiger partial charge < -0.3 is 9.47 Å². The van der Waals surface area contributed by atoms with Gasteiger partial charge in [0.2, 0.25) is 5.78 Å². The molecule has 0 aliphatic rings. The average Bonchev–Trinajstić information content (AvgIpc) is 2.74. The molecule has 0 bridgehead atoms. The average molecular weight is 416 g/mol. The minimum atomic E-state index is -0.549. The van der Waals surface area contributed by atoms with Crippen LogP contribution in [0.4, 0.5) is 0 Å². The standard InChI is InChI=1S/C26H24O5/c1-16-13-18(3)24(14-17(16)2)25(28)15-30-26(29)22-7-5-20(6-8-22)21-9-11-23(12-10-21)31-19(4)27/h5-14H,15H2,1-4H3. The molecule has 0 aromatic heterocycles. The highest BCUT2D eigenvalue weighted by Crippen LogP contribution is 2.23. The maximum absolute atomic E-state index is 12.5. The third-order valence-corrected chi connectivity index (χ3v) is 5.05. The van der Waals surface area contributed by atoms with Crippen molar-refractivity contribution in [3.05, 3.63) is 88.5 Å². The second kappa shape index (κ2) is 9.39. The van der Waals surface area contributed by atoms with Crippen molar-refractivity contribution in [2.45, 2.75) is 27.7 Å². The summed E-state index contributed by atoms with van der Waals surface area (Å²) in [5, 5.41) is 0. The monoisotopic (exact) mass is 416 g/mol. The van der Waals surface area contributed by atoms with Gasteiger partial charge in [-0.05, 0) is 78.9 Å². The lowest BCUT2D eigenvalue weighted by molar-refractivity contribution is -0.131. The number of Topliss-reactive ketones (excluding diaryl/α,β-unsaturated/α-hetero) is 1. The van der Waals surface area contributed by atoms with Crippen LogP contribution in [-0.2, 0) is 9.53 Å². The van der Waals surface area contributed by atoms with Crippen LogP contribution < -0.4 is 4.74 Å².